The Balaban J connectivity index is 0. The molecule has 0 rings (SSSR count). The fraction of sp³-hybridized carbons (Fsp3) is 0.769. The van der Waals surface area contributed by atoms with Crippen LogP contribution in [0.25, 0.3) is 0 Å². The zero-order valence-corrected chi connectivity index (χ0v) is 12.4. The Kier molecular flexibility index (Phi) is 10.5. The monoisotopic (exact) mass is 268 g/mol. The smallest absolute Gasteiger partial charge is 0.407 e. The summed E-state index contributed by atoms with van der Waals surface area (Å²) in [5.41, 5.74) is 4.57. The number of nitrogens with two attached hydrogens (primary N) is 1. The van der Waals surface area contributed by atoms with Crippen LogP contribution in [0.15, 0.2) is 0 Å². The van der Waals surface area contributed by atoms with Gasteiger partial charge >= 0.3 is 6.09 Å². The summed E-state index contributed by atoms with van der Waals surface area (Å²) in [7, 11) is 0. The van der Waals surface area contributed by atoms with E-state index in [9.17, 15) is 4.79 Å². The number of rotatable bonds is 3. The molecule has 0 aliphatic heterocycles. The quantitative estimate of drug-likeness (QED) is 0.810. The summed E-state index contributed by atoms with van der Waals surface area (Å²) in [5, 5.41) is 18.9. The number of alkyl carbamates (subject to hydrolysis) is 1. The number of nitrogens with one attached hydrogen (secondary N) is 1. The van der Waals surface area contributed by atoms with Crippen LogP contribution >= 0.6 is 0 Å². The first-order chi connectivity index (χ1) is 8.66. The molecule has 0 aromatic carbocycles. The van der Waals surface area contributed by atoms with Gasteiger partial charge in [-0.3, -0.25) is 0 Å². The summed E-state index contributed by atoms with van der Waals surface area (Å²) in [6.07, 6.45) is -0.477. The van der Waals surface area contributed by atoms with E-state index >= 15 is 0 Å². The summed E-state index contributed by atoms with van der Waals surface area (Å²) in [5.74, 6) is -0.169. The predicted octanol–water partition coefficient (Wildman–Crippen LogP) is 1.78. The third-order valence-electron chi connectivity index (χ3n) is 1.75. The average Bonchev–Trinajstić information content (AvgIpc) is 2.33. The van der Waals surface area contributed by atoms with Crippen LogP contribution in [0.4, 0.5) is 4.79 Å². The molecule has 0 unspecified atom stereocenters. The first-order valence-electron chi connectivity index (χ1n) is 6.12. The first kappa shape index (κ1) is 19.5. The Hall–Kier alpha value is -1.79. The molecule has 3 N–H and O–H groups in total. The molecule has 108 valence electrons. The van der Waals surface area contributed by atoms with Crippen molar-refractivity contribution in [1.29, 1.82) is 10.5 Å². The van der Waals surface area contributed by atoms with E-state index in [1.54, 1.807) is 34.6 Å². The Morgan fingerprint density at radius 2 is 1.74 bits per heavy atom. The van der Waals surface area contributed by atoms with E-state index in [1.165, 1.54) is 0 Å². The number of carbonyl (C=O) groups is 1. The molecular formula is C13H24N4O2. The van der Waals surface area contributed by atoms with Gasteiger partial charge in [-0.1, -0.05) is 0 Å². The molecule has 0 saturated carbocycles. The van der Waals surface area contributed by atoms with Gasteiger partial charge in [0.15, 0.2) is 0 Å². The zero-order valence-electron chi connectivity index (χ0n) is 12.4. The molecule has 0 aromatic rings. The largest absolute Gasteiger partial charge is 0.444 e. The second-order valence-electron chi connectivity index (χ2n) is 5.18. The van der Waals surface area contributed by atoms with Gasteiger partial charge < -0.3 is 15.8 Å². The maximum Gasteiger partial charge on any atom is 0.407 e. The van der Waals surface area contributed by atoms with Gasteiger partial charge in [-0.05, 0) is 34.6 Å². The highest BCUT2D eigenvalue weighted by molar-refractivity contribution is 5.67. The Bertz CT molecular complexity index is 336. The molecule has 0 aromatic heterocycles. The molecule has 0 aliphatic carbocycles. The highest BCUT2D eigenvalue weighted by Gasteiger charge is 2.16. The molecule has 6 nitrogen and oxygen atoms in total. The van der Waals surface area contributed by atoms with Crippen LogP contribution in [0.5, 0.6) is 0 Å². The van der Waals surface area contributed by atoms with Crippen LogP contribution in [-0.4, -0.2) is 24.8 Å². The van der Waals surface area contributed by atoms with Crippen LogP contribution < -0.4 is 11.1 Å². The number of nitrogens with zero attached hydrogens (tertiary/aromatic N) is 2. The van der Waals surface area contributed by atoms with Gasteiger partial charge in [-0.2, -0.15) is 10.5 Å². The normalized spacial score (nSPS) is 12.8. The SMILES string of the molecule is C[C@@H](C#N)CN.C[C@@H](C#N)CNC(=O)OC(C)(C)C. The maximum atomic E-state index is 11.0. The Morgan fingerprint density at radius 3 is 2.00 bits per heavy atom. The Morgan fingerprint density at radius 1 is 1.26 bits per heavy atom. The van der Waals surface area contributed by atoms with Crippen LogP contribution in [0.3, 0.4) is 0 Å². The van der Waals surface area contributed by atoms with Crippen LogP contribution in [0.2, 0.25) is 0 Å². The molecule has 1 amide bonds. The highest BCUT2D eigenvalue weighted by atomic mass is 16.6. The van der Waals surface area contributed by atoms with Crippen molar-refractivity contribution in [3.05, 3.63) is 0 Å². The maximum absolute atomic E-state index is 11.0. The molecule has 6 heteroatoms. The van der Waals surface area contributed by atoms with E-state index in [2.05, 4.69) is 5.32 Å². The molecule has 0 bridgehead atoms. The number of nitriles is 2. The number of hydrogen-bond donors (Lipinski definition) is 2. The Labute approximate surface area is 115 Å². The third-order valence-corrected chi connectivity index (χ3v) is 1.75. The van der Waals surface area contributed by atoms with Crippen molar-refractivity contribution in [2.45, 2.75) is 40.2 Å². The van der Waals surface area contributed by atoms with Gasteiger partial charge in [0.05, 0.1) is 24.0 Å². The summed E-state index contributed by atoms with van der Waals surface area (Å²) in [6.45, 7) is 9.69. The first-order valence-corrected chi connectivity index (χ1v) is 6.12. The lowest BCUT2D eigenvalue weighted by Gasteiger charge is -2.19. The minimum atomic E-state index is -0.486. The fourth-order valence-corrected chi connectivity index (χ4v) is 0.649. The van der Waals surface area contributed by atoms with Crippen molar-refractivity contribution in [3.63, 3.8) is 0 Å². The van der Waals surface area contributed by atoms with Crippen LogP contribution in [0.1, 0.15) is 34.6 Å². The van der Waals surface area contributed by atoms with Gasteiger partial charge in [0.25, 0.3) is 0 Å². The summed E-state index contributed by atoms with van der Waals surface area (Å²) in [4.78, 5) is 11.0. The average molecular weight is 268 g/mol. The molecule has 0 radical (unpaired) electrons. The van der Waals surface area contributed by atoms with E-state index < -0.39 is 11.7 Å². The van der Waals surface area contributed by atoms with Crippen molar-refractivity contribution in [3.8, 4) is 12.1 Å². The summed E-state index contributed by atoms with van der Waals surface area (Å²) in [6, 6.07) is 4.00. The van der Waals surface area contributed by atoms with E-state index in [-0.39, 0.29) is 11.8 Å². The van der Waals surface area contributed by atoms with E-state index in [1.807, 2.05) is 12.1 Å². The van der Waals surface area contributed by atoms with Crippen molar-refractivity contribution in [2.75, 3.05) is 13.1 Å². The molecule has 0 aliphatic rings. The van der Waals surface area contributed by atoms with E-state index in [0.717, 1.165) is 0 Å². The van der Waals surface area contributed by atoms with Crippen molar-refractivity contribution < 1.29 is 9.53 Å². The van der Waals surface area contributed by atoms with Gasteiger partial charge in [0, 0.05) is 13.1 Å². The summed E-state index contributed by atoms with van der Waals surface area (Å²) >= 11 is 0. The second kappa shape index (κ2) is 10.2. The minimum absolute atomic E-state index is 0.0185. The number of hydrogen-bond acceptors (Lipinski definition) is 5. The molecule has 0 heterocycles. The zero-order chi connectivity index (χ0) is 15.5. The van der Waals surface area contributed by atoms with E-state index in [0.29, 0.717) is 13.1 Å². The van der Waals surface area contributed by atoms with E-state index in [4.69, 9.17) is 21.0 Å². The topological polar surface area (TPSA) is 112 Å². The van der Waals surface area contributed by atoms with Gasteiger partial charge in [0.1, 0.15) is 5.60 Å². The van der Waals surface area contributed by atoms with Gasteiger partial charge in [-0.25, -0.2) is 4.79 Å². The molecular weight excluding hydrogens is 244 g/mol. The minimum Gasteiger partial charge on any atom is -0.444 e. The highest BCUT2D eigenvalue weighted by Crippen LogP contribution is 2.06. The summed E-state index contributed by atoms with van der Waals surface area (Å²) < 4.78 is 4.97. The third kappa shape index (κ3) is 16.2. The van der Waals surface area contributed by atoms with Crippen molar-refractivity contribution in [2.24, 2.45) is 17.6 Å². The van der Waals surface area contributed by atoms with Gasteiger partial charge in [0.2, 0.25) is 0 Å². The number of amides is 1. The molecule has 19 heavy (non-hydrogen) atoms. The van der Waals surface area contributed by atoms with Gasteiger partial charge in [-0.15, -0.1) is 0 Å². The molecule has 2 atom stereocenters. The van der Waals surface area contributed by atoms with Crippen molar-refractivity contribution >= 4 is 6.09 Å². The number of ether oxygens (including phenoxy) is 1. The van der Waals surface area contributed by atoms with Crippen molar-refractivity contribution in [1.82, 2.24) is 5.32 Å². The number of carbonyl (C=O) groups excluding carboxylic acids is 1. The van der Waals surface area contributed by atoms with Crippen LogP contribution in [-0.2, 0) is 4.74 Å². The standard InChI is InChI=1S/C9H16N2O2.C4H8N2/c1-7(5-10)6-11-8(12)13-9(2,3)4;1-4(2-5)3-6/h7H,6H2,1-4H3,(H,11,12);4H,2,5H2,1H3/t7-;4-/m01/s1. The predicted molar refractivity (Wildman–Crippen MR) is 72.8 cm³/mol. The molecule has 0 spiro atoms. The lowest BCUT2D eigenvalue weighted by molar-refractivity contribution is 0.0524. The lowest BCUT2D eigenvalue weighted by atomic mass is 10.2. The second-order valence-corrected chi connectivity index (χ2v) is 5.18. The molecule has 0 fully saturated rings. The van der Waals surface area contributed by atoms with Crippen LogP contribution in [0, 0.1) is 34.5 Å². The fourth-order valence-electron chi connectivity index (χ4n) is 0.649. The molecule has 0 saturated heterocycles. The lowest BCUT2D eigenvalue weighted by Crippen LogP contribution is -2.34.